The van der Waals surface area contributed by atoms with E-state index in [1.807, 2.05) is 39.0 Å². The van der Waals surface area contributed by atoms with Crippen molar-refractivity contribution in [2.24, 2.45) is 0 Å². The van der Waals surface area contributed by atoms with Gasteiger partial charge in [-0.05, 0) is 86.4 Å². The Balaban J connectivity index is 1.59. The lowest BCUT2D eigenvalue weighted by molar-refractivity contribution is -0.122. The molecule has 9 nitrogen and oxygen atoms in total. The molecule has 3 aromatic rings. The van der Waals surface area contributed by atoms with Crippen LogP contribution in [0.3, 0.4) is 0 Å². The van der Waals surface area contributed by atoms with Gasteiger partial charge < -0.3 is 14.8 Å². The summed E-state index contributed by atoms with van der Waals surface area (Å²) in [6.07, 6.45) is 1.32. The number of anilines is 2. The number of barbiturate groups is 1. The van der Waals surface area contributed by atoms with Crippen molar-refractivity contribution >= 4 is 52.8 Å². The Hall–Kier alpha value is -4.63. The molecule has 5 amide bonds. The Morgan fingerprint density at radius 3 is 2.42 bits per heavy atom. The van der Waals surface area contributed by atoms with E-state index in [4.69, 9.17) is 21.1 Å². The van der Waals surface area contributed by atoms with Gasteiger partial charge in [-0.15, -0.1) is 0 Å². The van der Waals surface area contributed by atoms with Gasteiger partial charge in [-0.1, -0.05) is 35.9 Å². The van der Waals surface area contributed by atoms with E-state index < -0.39 is 17.8 Å². The molecule has 2 N–H and O–H groups in total. The molecule has 0 aromatic heterocycles. The minimum Gasteiger partial charge on any atom is -0.490 e. The highest BCUT2D eigenvalue weighted by Gasteiger charge is 2.37. The lowest BCUT2D eigenvalue weighted by Crippen LogP contribution is -2.54. The number of nitrogens with one attached hydrogen (secondary N) is 2. The number of hydrogen-bond donors (Lipinski definition) is 2. The van der Waals surface area contributed by atoms with Crippen molar-refractivity contribution in [2.45, 2.75) is 27.7 Å². The van der Waals surface area contributed by atoms with Crippen LogP contribution in [0.15, 0.2) is 60.2 Å². The summed E-state index contributed by atoms with van der Waals surface area (Å²) in [6.45, 7) is 7.34. The Labute approximate surface area is 236 Å². The first-order valence-corrected chi connectivity index (χ1v) is 12.9. The summed E-state index contributed by atoms with van der Waals surface area (Å²) in [5.74, 6) is -1.65. The van der Waals surface area contributed by atoms with Crippen molar-refractivity contribution < 1.29 is 28.7 Å². The lowest BCUT2D eigenvalue weighted by Gasteiger charge is -2.27. The Kier molecular flexibility index (Phi) is 8.55. The van der Waals surface area contributed by atoms with Crippen LogP contribution >= 0.6 is 11.6 Å². The van der Waals surface area contributed by atoms with Crippen molar-refractivity contribution in [1.82, 2.24) is 5.32 Å². The predicted octanol–water partition coefficient (Wildman–Crippen LogP) is 5.35. The molecule has 0 aliphatic carbocycles. The smallest absolute Gasteiger partial charge is 0.335 e. The lowest BCUT2D eigenvalue weighted by atomic mass is 10.0. The van der Waals surface area contributed by atoms with E-state index in [2.05, 4.69) is 10.6 Å². The van der Waals surface area contributed by atoms with E-state index in [0.29, 0.717) is 16.9 Å². The first kappa shape index (κ1) is 28.4. The molecule has 3 aromatic carbocycles. The molecular weight excluding hydrogens is 534 g/mol. The van der Waals surface area contributed by atoms with E-state index in [0.717, 1.165) is 21.6 Å². The molecule has 1 saturated heterocycles. The third kappa shape index (κ3) is 6.16. The van der Waals surface area contributed by atoms with Crippen molar-refractivity contribution in [3.05, 3.63) is 87.4 Å². The highest BCUT2D eigenvalue weighted by molar-refractivity contribution is 6.39. The summed E-state index contributed by atoms with van der Waals surface area (Å²) >= 11 is 6.49. The Morgan fingerprint density at radius 2 is 1.73 bits per heavy atom. The normalized spacial score (nSPS) is 14.3. The van der Waals surface area contributed by atoms with Gasteiger partial charge in [0.2, 0.25) is 0 Å². The molecule has 40 heavy (non-hydrogen) atoms. The van der Waals surface area contributed by atoms with E-state index in [1.54, 1.807) is 31.2 Å². The van der Waals surface area contributed by atoms with Crippen LogP contribution in [-0.2, 0) is 14.4 Å². The van der Waals surface area contributed by atoms with Gasteiger partial charge in [-0.2, -0.15) is 0 Å². The standard InChI is InChI=1S/C30H28ClN3O6/c1-5-39-25-15-20(14-23(31)27(25)40-16-26(35)32-24-9-7-6-8-18(24)3)13-22-28(36)33-30(38)34(29(22)37)21-11-10-17(2)19(4)12-21/h6-15H,5,16H2,1-4H3,(H,32,35)(H,33,36,38)/b22-13-. The fraction of sp³-hybridized carbons (Fsp3) is 0.200. The number of halogens is 1. The maximum absolute atomic E-state index is 13.3. The van der Waals surface area contributed by atoms with Crippen LogP contribution in [0.1, 0.15) is 29.2 Å². The number of nitrogens with zero attached hydrogens (tertiary/aromatic N) is 1. The minimum atomic E-state index is -0.837. The van der Waals surface area contributed by atoms with E-state index in [9.17, 15) is 19.2 Å². The number of benzene rings is 3. The Bertz CT molecular complexity index is 1550. The largest absolute Gasteiger partial charge is 0.490 e. The molecule has 1 fully saturated rings. The molecule has 4 rings (SSSR count). The molecule has 0 spiro atoms. The molecule has 0 radical (unpaired) electrons. The maximum Gasteiger partial charge on any atom is 0.335 e. The number of hydrogen-bond acceptors (Lipinski definition) is 6. The summed E-state index contributed by atoms with van der Waals surface area (Å²) in [4.78, 5) is 51.9. The molecule has 0 saturated carbocycles. The number of urea groups is 1. The summed E-state index contributed by atoms with van der Waals surface area (Å²) in [5.41, 5.74) is 3.88. The highest BCUT2D eigenvalue weighted by atomic mass is 35.5. The van der Waals surface area contributed by atoms with Crippen LogP contribution in [-0.4, -0.2) is 37.0 Å². The molecule has 1 heterocycles. The maximum atomic E-state index is 13.3. The molecule has 1 aliphatic heterocycles. The van der Waals surface area contributed by atoms with Crippen molar-refractivity contribution in [2.75, 3.05) is 23.4 Å². The molecular formula is C30H28ClN3O6. The van der Waals surface area contributed by atoms with E-state index in [-0.39, 0.29) is 41.2 Å². The molecule has 1 aliphatic rings. The van der Waals surface area contributed by atoms with Gasteiger partial charge in [-0.3, -0.25) is 19.7 Å². The molecule has 10 heteroatoms. The zero-order chi connectivity index (χ0) is 29.0. The van der Waals surface area contributed by atoms with Gasteiger partial charge in [0.05, 0.1) is 17.3 Å². The number of para-hydroxylation sites is 1. The van der Waals surface area contributed by atoms with Crippen molar-refractivity contribution in [3.8, 4) is 11.5 Å². The van der Waals surface area contributed by atoms with Crippen LogP contribution in [0, 0.1) is 20.8 Å². The van der Waals surface area contributed by atoms with Gasteiger partial charge in [0.1, 0.15) is 5.57 Å². The van der Waals surface area contributed by atoms with Crippen LogP contribution < -0.4 is 25.0 Å². The molecule has 0 unspecified atom stereocenters. The van der Waals surface area contributed by atoms with Crippen LogP contribution in [0.25, 0.3) is 6.08 Å². The second-order valence-corrected chi connectivity index (χ2v) is 9.55. The van der Waals surface area contributed by atoms with E-state index >= 15 is 0 Å². The van der Waals surface area contributed by atoms with Gasteiger partial charge >= 0.3 is 6.03 Å². The summed E-state index contributed by atoms with van der Waals surface area (Å²) in [6, 6.07) is 14.6. The van der Waals surface area contributed by atoms with Crippen LogP contribution in [0.4, 0.5) is 16.2 Å². The predicted molar refractivity (Wildman–Crippen MR) is 153 cm³/mol. The number of ether oxygens (including phenoxy) is 2. The number of amides is 5. The highest BCUT2D eigenvalue weighted by Crippen LogP contribution is 2.37. The van der Waals surface area contributed by atoms with Gasteiger partial charge in [0, 0.05) is 5.69 Å². The average Bonchev–Trinajstić information content (AvgIpc) is 2.89. The monoisotopic (exact) mass is 561 g/mol. The minimum absolute atomic E-state index is 0.104. The van der Waals surface area contributed by atoms with Gasteiger partial charge in [0.15, 0.2) is 18.1 Å². The molecule has 0 bridgehead atoms. The zero-order valence-corrected chi connectivity index (χ0v) is 23.2. The van der Waals surface area contributed by atoms with E-state index in [1.165, 1.54) is 18.2 Å². The molecule has 206 valence electrons. The summed E-state index contributed by atoms with van der Waals surface area (Å²) < 4.78 is 11.4. The number of carbonyl (C=O) groups is 4. The first-order valence-electron chi connectivity index (χ1n) is 12.5. The number of rotatable bonds is 8. The summed E-state index contributed by atoms with van der Waals surface area (Å²) in [5, 5.41) is 5.10. The third-order valence-corrected chi connectivity index (χ3v) is 6.54. The zero-order valence-electron chi connectivity index (χ0n) is 22.5. The van der Waals surface area contributed by atoms with Crippen LogP contribution in [0.2, 0.25) is 5.02 Å². The summed E-state index contributed by atoms with van der Waals surface area (Å²) in [7, 11) is 0. The topological polar surface area (TPSA) is 114 Å². The number of imide groups is 2. The van der Waals surface area contributed by atoms with Crippen molar-refractivity contribution in [1.29, 1.82) is 0 Å². The molecule has 0 atom stereocenters. The number of carbonyl (C=O) groups excluding carboxylic acids is 4. The number of aryl methyl sites for hydroxylation is 3. The first-order chi connectivity index (χ1) is 19.1. The van der Waals surface area contributed by atoms with Gasteiger partial charge in [-0.25, -0.2) is 9.69 Å². The quantitative estimate of drug-likeness (QED) is 0.283. The van der Waals surface area contributed by atoms with Crippen LogP contribution in [0.5, 0.6) is 11.5 Å². The second-order valence-electron chi connectivity index (χ2n) is 9.14. The fourth-order valence-electron chi connectivity index (χ4n) is 4.03. The van der Waals surface area contributed by atoms with Gasteiger partial charge in [0.25, 0.3) is 17.7 Å². The average molecular weight is 562 g/mol. The third-order valence-electron chi connectivity index (χ3n) is 6.26. The fourth-order valence-corrected chi connectivity index (χ4v) is 4.31. The SMILES string of the molecule is CCOc1cc(/C=C2/C(=O)NC(=O)N(c3ccc(C)c(C)c3)C2=O)cc(Cl)c1OCC(=O)Nc1ccccc1C. The second kappa shape index (κ2) is 12.0. The Morgan fingerprint density at radius 1 is 0.975 bits per heavy atom. The van der Waals surface area contributed by atoms with Crippen molar-refractivity contribution in [3.63, 3.8) is 0 Å².